The molecule has 1 aromatic carbocycles. The number of thioether (sulfide) groups is 1. The minimum atomic E-state index is -0.356. The first-order chi connectivity index (χ1) is 13.0. The number of anilines is 1. The molecule has 8 nitrogen and oxygen atoms in total. The number of aromatic nitrogens is 5. The minimum absolute atomic E-state index is 0.140. The monoisotopic (exact) mass is 384 g/mol. The maximum Gasteiger partial charge on any atom is 0.323 e. The number of amides is 1. The molecule has 1 fully saturated rings. The number of hydrogen-bond acceptors (Lipinski definition) is 5. The Morgan fingerprint density at radius 1 is 1.41 bits per heavy atom. The van der Waals surface area contributed by atoms with Crippen LogP contribution in [-0.4, -0.2) is 35.9 Å². The summed E-state index contributed by atoms with van der Waals surface area (Å²) < 4.78 is 2.04. The molecule has 0 spiro atoms. The summed E-state index contributed by atoms with van der Waals surface area (Å²) in [5, 5.41) is 11.8. The van der Waals surface area contributed by atoms with Crippen molar-refractivity contribution in [2.24, 2.45) is 0 Å². The molecule has 0 radical (unpaired) electrons. The van der Waals surface area contributed by atoms with E-state index in [1.807, 2.05) is 17.6 Å². The predicted molar refractivity (Wildman–Crippen MR) is 105 cm³/mol. The summed E-state index contributed by atoms with van der Waals surface area (Å²) in [6.45, 7) is 6.27. The molecule has 1 unspecified atom stereocenters. The Labute approximate surface area is 159 Å². The van der Waals surface area contributed by atoms with Gasteiger partial charge in [-0.3, -0.25) is 4.79 Å². The van der Waals surface area contributed by atoms with E-state index in [9.17, 15) is 9.59 Å². The van der Waals surface area contributed by atoms with Gasteiger partial charge in [0.1, 0.15) is 5.82 Å². The maximum atomic E-state index is 12.6. The van der Waals surface area contributed by atoms with Crippen molar-refractivity contribution in [2.45, 2.75) is 42.6 Å². The highest BCUT2D eigenvalue weighted by molar-refractivity contribution is 8.00. The SMILES string of the molecule is C=CCn1c(SC(C)C(=O)Nc2ccc3[nH]c(=O)[nH]c3c2)nnc1C1CC1. The number of allylic oxidation sites excluding steroid dienone is 1. The van der Waals surface area contributed by atoms with Crippen molar-refractivity contribution in [1.82, 2.24) is 24.7 Å². The molecule has 3 aromatic rings. The van der Waals surface area contributed by atoms with Crippen LogP contribution >= 0.6 is 11.8 Å². The van der Waals surface area contributed by atoms with E-state index in [2.05, 4.69) is 32.1 Å². The van der Waals surface area contributed by atoms with E-state index in [1.54, 1.807) is 18.2 Å². The van der Waals surface area contributed by atoms with Crippen molar-refractivity contribution in [3.8, 4) is 0 Å². The number of carbonyl (C=O) groups excluding carboxylic acids is 1. The van der Waals surface area contributed by atoms with Crippen LogP contribution in [0.1, 0.15) is 31.5 Å². The number of hydrogen-bond donors (Lipinski definition) is 3. The Bertz CT molecular complexity index is 1060. The van der Waals surface area contributed by atoms with Crippen LogP contribution in [0.2, 0.25) is 0 Å². The third-order valence-electron chi connectivity index (χ3n) is 4.43. The number of carbonyl (C=O) groups is 1. The summed E-state index contributed by atoms with van der Waals surface area (Å²) >= 11 is 1.38. The highest BCUT2D eigenvalue weighted by Gasteiger charge is 2.31. The number of rotatable bonds is 7. The Balaban J connectivity index is 1.47. The number of imidazole rings is 1. The number of nitrogens with one attached hydrogen (secondary N) is 3. The lowest BCUT2D eigenvalue weighted by molar-refractivity contribution is -0.115. The van der Waals surface area contributed by atoms with Crippen LogP contribution in [-0.2, 0) is 11.3 Å². The number of fused-ring (bicyclic) bond motifs is 1. The largest absolute Gasteiger partial charge is 0.325 e. The van der Waals surface area contributed by atoms with Gasteiger partial charge in [0.2, 0.25) is 5.91 Å². The highest BCUT2D eigenvalue weighted by atomic mass is 32.2. The van der Waals surface area contributed by atoms with E-state index in [4.69, 9.17) is 0 Å². The molecule has 3 N–H and O–H groups in total. The average molecular weight is 384 g/mol. The molecule has 27 heavy (non-hydrogen) atoms. The van der Waals surface area contributed by atoms with Crippen molar-refractivity contribution < 1.29 is 4.79 Å². The molecule has 1 aliphatic carbocycles. The van der Waals surface area contributed by atoms with E-state index in [-0.39, 0.29) is 16.8 Å². The van der Waals surface area contributed by atoms with Gasteiger partial charge in [0.15, 0.2) is 5.16 Å². The highest BCUT2D eigenvalue weighted by Crippen LogP contribution is 2.40. The fraction of sp³-hybridized carbons (Fsp3) is 0.333. The number of nitrogens with zero attached hydrogens (tertiary/aromatic N) is 3. The van der Waals surface area contributed by atoms with Crippen molar-refractivity contribution in [1.29, 1.82) is 0 Å². The van der Waals surface area contributed by atoms with Crippen LogP contribution in [0.5, 0.6) is 0 Å². The zero-order chi connectivity index (χ0) is 19.0. The van der Waals surface area contributed by atoms with Crippen molar-refractivity contribution in [2.75, 3.05) is 5.32 Å². The molecular weight excluding hydrogens is 364 g/mol. The summed E-state index contributed by atoms with van der Waals surface area (Å²) in [5.41, 5.74) is 1.70. The van der Waals surface area contributed by atoms with Crippen LogP contribution in [0.25, 0.3) is 11.0 Å². The predicted octanol–water partition coefficient (Wildman–Crippen LogP) is 2.63. The molecule has 0 aliphatic heterocycles. The second-order valence-corrected chi connectivity index (χ2v) is 7.91. The minimum Gasteiger partial charge on any atom is -0.325 e. The number of H-pyrrole nitrogens is 2. The zero-order valence-electron chi connectivity index (χ0n) is 14.9. The molecule has 2 aromatic heterocycles. The first-order valence-electron chi connectivity index (χ1n) is 8.78. The van der Waals surface area contributed by atoms with Gasteiger partial charge in [0.25, 0.3) is 0 Å². The third-order valence-corrected chi connectivity index (χ3v) is 5.52. The lowest BCUT2D eigenvalue weighted by atomic mass is 10.2. The third kappa shape index (κ3) is 3.68. The number of benzene rings is 1. The number of aromatic amines is 2. The van der Waals surface area contributed by atoms with Gasteiger partial charge >= 0.3 is 5.69 Å². The van der Waals surface area contributed by atoms with Gasteiger partial charge in [-0.05, 0) is 38.0 Å². The fourth-order valence-corrected chi connectivity index (χ4v) is 3.76. The summed E-state index contributed by atoms with van der Waals surface area (Å²) in [6, 6.07) is 5.24. The molecule has 0 bridgehead atoms. The molecule has 1 aliphatic rings. The maximum absolute atomic E-state index is 12.6. The summed E-state index contributed by atoms with van der Waals surface area (Å²) in [5.74, 6) is 1.32. The molecule has 140 valence electrons. The Kier molecular flexibility index (Phi) is 4.61. The van der Waals surface area contributed by atoms with Gasteiger partial charge in [-0.15, -0.1) is 16.8 Å². The van der Waals surface area contributed by atoms with Gasteiger partial charge in [0.05, 0.1) is 16.3 Å². The van der Waals surface area contributed by atoms with Gasteiger partial charge < -0.3 is 19.9 Å². The van der Waals surface area contributed by atoms with Crippen LogP contribution in [0.4, 0.5) is 5.69 Å². The van der Waals surface area contributed by atoms with Gasteiger partial charge in [-0.25, -0.2) is 4.79 Å². The molecule has 2 heterocycles. The van der Waals surface area contributed by atoms with Crippen LogP contribution in [0.15, 0.2) is 40.8 Å². The topological polar surface area (TPSA) is 108 Å². The molecule has 4 rings (SSSR count). The summed E-state index contributed by atoms with van der Waals surface area (Å²) in [7, 11) is 0. The Morgan fingerprint density at radius 2 is 2.19 bits per heavy atom. The van der Waals surface area contributed by atoms with Crippen molar-refractivity contribution in [3.63, 3.8) is 0 Å². The van der Waals surface area contributed by atoms with Crippen LogP contribution in [0, 0.1) is 0 Å². The molecular formula is C18H20N6O2S. The Morgan fingerprint density at radius 3 is 2.93 bits per heavy atom. The lowest BCUT2D eigenvalue weighted by Gasteiger charge is -2.13. The molecule has 0 saturated heterocycles. The van der Waals surface area contributed by atoms with E-state index >= 15 is 0 Å². The summed E-state index contributed by atoms with van der Waals surface area (Å²) in [6.07, 6.45) is 4.09. The first-order valence-corrected chi connectivity index (χ1v) is 9.66. The average Bonchev–Trinajstić information content (AvgIpc) is 3.30. The lowest BCUT2D eigenvalue weighted by Crippen LogP contribution is -2.23. The quantitative estimate of drug-likeness (QED) is 0.429. The zero-order valence-corrected chi connectivity index (χ0v) is 15.7. The first kappa shape index (κ1) is 17.6. The van der Waals surface area contributed by atoms with Crippen LogP contribution < -0.4 is 11.0 Å². The standard InChI is InChI=1S/C18H20N6O2S/c1-3-8-24-15(11-4-5-11)22-23-18(24)27-10(2)16(25)19-12-6-7-13-14(9-12)21-17(26)20-13/h3,6-7,9-11H,1,4-5,8H2,2H3,(H,19,25)(H2,20,21,26). The summed E-state index contributed by atoms with van der Waals surface area (Å²) in [4.78, 5) is 29.3. The van der Waals surface area contributed by atoms with Crippen molar-refractivity contribution >= 4 is 34.4 Å². The van der Waals surface area contributed by atoms with E-state index < -0.39 is 0 Å². The second-order valence-electron chi connectivity index (χ2n) is 6.60. The van der Waals surface area contributed by atoms with E-state index in [0.717, 1.165) is 23.8 Å². The van der Waals surface area contributed by atoms with Gasteiger partial charge in [-0.1, -0.05) is 17.8 Å². The Hall–Kier alpha value is -2.81. The van der Waals surface area contributed by atoms with Crippen LogP contribution in [0.3, 0.4) is 0 Å². The smallest absolute Gasteiger partial charge is 0.323 e. The van der Waals surface area contributed by atoms with E-state index in [1.165, 1.54) is 11.8 Å². The van der Waals surface area contributed by atoms with Crippen molar-refractivity contribution in [3.05, 3.63) is 47.2 Å². The van der Waals surface area contributed by atoms with Gasteiger partial charge in [-0.2, -0.15) is 0 Å². The molecule has 1 atom stereocenters. The van der Waals surface area contributed by atoms with E-state index in [0.29, 0.717) is 29.2 Å². The van der Waals surface area contributed by atoms with Gasteiger partial charge in [0, 0.05) is 18.2 Å². The molecule has 1 saturated carbocycles. The molecule has 9 heteroatoms. The normalized spacial score (nSPS) is 15.0. The molecule has 1 amide bonds. The fourth-order valence-electron chi connectivity index (χ4n) is 2.90. The second kappa shape index (κ2) is 7.07.